The molecule has 2 aromatic carbocycles. The van der Waals surface area contributed by atoms with Crippen LogP contribution in [0.4, 0.5) is 0 Å². The lowest BCUT2D eigenvalue weighted by Gasteiger charge is -2.26. The van der Waals surface area contributed by atoms with Crippen LogP contribution in [0.1, 0.15) is 24.0 Å². The third-order valence-electron chi connectivity index (χ3n) is 4.90. The first kappa shape index (κ1) is 19.3. The van der Waals surface area contributed by atoms with E-state index in [1.54, 1.807) is 25.3 Å². The third kappa shape index (κ3) is 3.29. The SMILES string of the molecule is CCO/C=N/C1=C(C#N)C(c2ccc(OC)cc2)c2c(c3ccccc3[nH]c2=O)O1. The summed E-state index contributed by atoms with van der Waals surface area (Å²) in [6.07, 6.45) is 1.25. The molecule has 7 nitrogen and oxygen atoms in total. The number of hydrogen-bond donors (Lipinski definition) is 1. The molecule has 1 N–H and O–H groups in total. The summed E-state index contributed by atoms with van der Waals surface area (Å²) in [4.78, 5) is 20.2. The summed E-state index contributed by atoms with van der Waals surface area (Å²) in [5.74, 6) is 0.523. The van der Waals surface area contributed by atoms with Crippen LogP contribution < -0.4 is 15.0 Å². The van der Waals surface area contributed by atoms with Crippen LogP contribution in [0.5, 0.6) is 11.5 Å². The predicted octanol–water partition coefficient (Wildman–Crippen LogP) is 3.86. The molecule has 0 saturated carbocycles. The van der Waals surface area contributed by atoms with Gasteiger partial charge in [0.15, 0.2) is 6.40 Å². The third-order valence-corrected chi connectivity index (χ3v) is 4.90. The molecule has 0 fully saturated rings. The van der Waals surface area contributed by atoms with Crippen molar-refractivity contribution in [2.75, 3.05) is 13.7 Å². The van der Waals surface area contributed by atoms with Gasteiger partial charge in [-0.1, -0.05) is 24.3 Å². The fourth-order valence-electron chi connectivity index (χ4n) is 3.52. The van der Waals surface area contributed by atoms with Gasteiger partial charge < -0.3 is 19.2 Å². The number of rotatable bonds is 5. The molecule has 1 atom stereocenters. The molecular formula is C23H19N3O4. The number of allylic oxidation sites excluding steroid dienone is 1. The second-order valence-corrected chi connectivity index (χ2v) is 6.57. The van der Waals surface area contributed by atoms with E-state index >= 15 is 0 Å². The van der Waals surface area contributed by atoms with Crippen LogP contribution in [0.15, 0.2) is 69.8 Å². The van der Waals surface area contributed by atoms with Crippen molar-refractivity contribution in [2.24, 2.45) is 4.99 Å². The molecule has 1 aliphatic rings. The number of nitriles is 1. The highest BCUT2D eigenvalue weighted by Gasteiger charge is 2.35. The number of pyridine rings is 1. The topological polar surface area (TPSA) is 96.7 Å². The smallest absolute Gasteiger partial charge is 0.256 e. The molecule has 30 heavy (non-hydrogen) atoms. The van der Waals surface area contributed by atoms with E-state index in [4.69, 9.17) is 14.2 Å². The van der Waals surface area contributed by atoms with Gasteiger partial charge in [-0.15, -0.1) is 0 Å². The van der Waals surface area contributed by atoms with Gasteiger partial charge in [-0.25, -0.2) is 0 Å². The molecule has 4 rings (SSSR count). The summed E-state index contributed by atoms with van der Waals surface area (Å²) >= 11 is 0. The summed E-state index contributed by atoms with van der Waals surface area (Å²) < 4.78 is 16.4. The van der Waals surface area contributed by atoms with E-state index in [1.807, 2.05) is 37.3 Å². The van der Waals surface area contributed by atoms with E-state index < -0.39 is 5.92 Å². The number of methoxy groups -OCH3 is 1. The molecule has 0 radical (unpaired) electrons. The first-order valence-electron chi connectivity index (χ1n) is 9.43. The number of hydrogen-bond acceptors (Lipinski definition) is 6. The Morgan fingerprint density at radius 3 is 2.70 bits per heavy atom. The predicted molar refractivity (Wildman–Crippen MR) is 113 cm³/mol. The minimum atomic E-state index is -0.646. The lowest BCUT2D eigenvalue weighted by atomic mass is 9.83. The van der Waals surface area contributed by atoms with Gasteiger partial charge in [0.1, 0.15) is 23.1 Å². The van der Waals surface area contributed by atoms with E-state index in [9.17, 15) is 10.1 Å². The largest absolute Gasteiger partial charge is 0.497 e. The lowest BCUT2D eigenvalue weighted by molar-refractivity contribution is 0.336. The summed E-state index contributed by atoms with van der Waals surface area (Å²) in [7, 11) is 1.58. The monoisotopic (exact) mass is 401 g/mol. The number of benzene rings is 2. The zero-order valence-electron chi connectivity index (χ0n) is 16.5. The van der Waals surface area contributed by atoms with Crippen molar-refractivity contribution in [1.82, 2.24) is 4.98 Å². The fraction of sp³-hybridized carbons (Fsp3) is 0.174. The molecule has 0 aliphatic carbocycles. The Morgan fingerprint density at radius 2 is 2.00 bits per heavy atom. The molecule has 150 valence electrons. The van der Waals surface area contributed by atoms with Crippen molar-refractivity contribution in [3.05, 3.63) is 81.5 Å². The Kier molecular flexibility index (Phi) is 5.22. The van der Waals surface area contributed by atoms with Crippen LogP contribution in [0, 0.1) is 11.3 Å². The van der Waals surface area contributed by atoms with Crippen LogP contribution in [0.25, 0.3) is 10.9 Å². The Hall–Kier alpha value is -4.05. The standard InChI is InChI=1S/C23H19N3O4/c1-3-29-13-25-23-17(12-24)19(14-8-10-15(28-2)11-9-14)20-21(30-23)16-6-4-5-7-18(16)26-22(20)27/h4-11,13,19H,3H2,1-2H3,(H,26,27)/b25-13+. The Balaban J connectivity index is 2.00. The Morgan fingerprint density at radius 1 is 1.23 bits per heavy atom. The van der Waals surface area contributed by atoms with Gasteiger partial charge in [0.05, 0.1) is 30.7 Å². The molecule has 0 bridgehead atoms. The fourth-order valence-corrected chi connectivity index (χ4v) is 3.52. The van der Waals surface area contributed by atoms with Crippen LogP contribution in [0.2, 0.25) is 0 Å². The van der Waals surface area contributed by atoms with Gasteiger partial charge in [-0.2, -0.15) is 10.3 Å². The van der Waals surface area contributed by atoms with Crippen molar-refractivity contribution in [3.8, 4) is 17.6 Å². The van der Waals surface area contributed by atoms with Gasteiger partial charge in [-0.05, 0) is 36.8 Å². The van der Waals surface area contributed by atoms with Gasteiger partial charge in [0, 0.05) is 5.39 Å². The normalized spacial score (nSPS) is 15.6. The zero-order valence-corrected chi connectivity index (χ0v) is 16.5. The molecule has 2 heterocycles. The molecule has 1 aromatic heterocycles. The van der Waals surface area contributed by atoms with Crippen molar-refractivity contribution in [2.45, 2.75) is 12.8 Å². The van der Waals surface area contributed by atoms with E-state index in [0.29, 0.717) is 29.2 Å². The number of nitrogens with zero attached hydrogens (tertiary/aromatic N) is 2. The Bertz CT molecular complexity index is 1250. The average Bonchev–Trinajstić information content (AvgIpc) is 2.78. The molecule has 0 spiro atoms. The molecule has 3 aromatic rings. The Labute approximate surface area is 172 Å². The van der Waals surface area contributed by atoms with Crippen LogP contribution in [-0.4, -0.2) is 25.1 Å². The highest BCUT2D eigenvalue weighted by atomic mass is 16.5. The zero-order chi connectivity index (χ0) is 21.1. The first-order chi connectivity index (χ1) is 14.7. The maximum absolute atomic E-state index is 13.1. The van der Waals surface area contributed by atoms with Gasteiger partial charge in [0.2, 0.25) is 5.88 Å². The number of ether oxygens (including phenoxy) is 3. The quantitative estimate of drug-likeness (QED) is 0.517. The molecular weight excluding hydrogens is 382 g/mol. The number of aromatic amines is 1. The number of para-hydroxylation sites is 1. The van der Waals surface area contributed by atoms with E-state index in [0.717, 1.165) is 10.9 Å². The number of aliphatic imine (C=N–C) groups is 1. The van der Waals surface area contributed by atoms with Crippen LogP contribution in [-0.2, 0) is 4.74 Å². The number of nitrogens with one attached hydrogen (secondary N) is 1. The highest BCUT2D eigenvalue weighted by Crippen LogP contribution is 2.44. The molecule has 0 saturated heterocycles. The van der Waals surface area contributed by atoms with Gasteiger partial charge >= 0.3 is 0 Å². The second kappa shape index (κ2) is 8.13. The van der Waals surface area contributed by atoms with Crippen molar-refractivity contribution >= 4 is 17.3 Å². The summed E-state index contributed by atoms with van der Waals surface area (Å²) in [6.45, 7) is 2.26. The number of H-pyrrole nitrogens is 1. The van der Waals surface area contributed by atoms with Crippen LogP contribution in [0.3, 0.4) is 0 Å². The van der Waals surface area contributed by atoms with Gasteiger partial charge in [0.25, 0.3) is 5.56 Å². The maximum Gasteiger partial charge on any atom is 0.256 e. The first-order valence-corrected chi connectivity index (χ1v) is 9.43. The number of aromatic nitrogens is 1. The summed E-state index contributed by atoms with van der Waals surface area (Å²) in [5, 5.41) is 10.7. The summed E-state index contributed by atoms with van der Waals surface area (Å²) in [6, 6.07) is 16.8. The summed E-state index contributed by atoms with van der Waals surface area (Å²) in [5.41, 5.74) is 1.67. The molecule has 1 unspecified atom stereocenters. The highest BCUT2D eigenvalue weighted by molar-refractivity contribution is 5.87. The van der Waals surface area contributed by atoms with E-state index in [2.05, 4.69) is 16.0 Å². The molecule has 7 heteroatoms. The van der Waals surface area contributed by atoms with E-state index in [1.165, 1.54) is 6.40 Å². The van der Waals surface area contributed by atoms with Gasteiger partial charge in [-0.3, -0.25) is 4.79 Å². The van der Waals surface area contributed by atoms with Crippen LogP contribution >= 0.6 is 0 Å². The van der Waals surface area contributed by atoms with E-state index in [-0.39, 0.29) is 17.0 Å². The maximum atomic E-state index is 13.1. The lowest BCUT2D eigenvalue weighted by Crippen LogP contribution is -2.25. The molecule has 0 amide bonds. The second-order valence-electron chi connectivity index (χ2n) is 6.57. The minimum absolute atomic E-state index is 0.107. The average molecular weight is 401 g/mol. The van der Waals surface area contributed by atoms with Crippen molar-refractivity contribution < 1.29 is 14.2 Å². The number of fused-ring (bicyclic) bond motifs is 3. The van der Waals surface area contributed by atoms with Crippen molar-refractivity contribution in [1.29, 1.82) is 5.26 Å². The molecule has 1 aliphatic heterocycles. The minimum Gasteiger partial charge on any atom is -0.497 e. The van der Waals surface area contributed by atoms with Crippen molar-refractivity contribution in [3.63, 3.8) is 0 Å².